The molecule has 19 heavy (non-hydrogen) atoms. The van der Waals surface area contributed by atoms with Gasteiger partial charge in [-0.1, -0.05) is 13.8 Å². The van der Waals surface area contributed by atoms with Crippen LogP contribution in [0.25, 0.3) is 0 Å². The third kappa shape index (κ3) is 2.31. The van der Waals surface area contributed by atoms with E-state index >= 15 is 0 Å². The molecule has 3 heteroatoms. The van der Waals surface area contributed by atoms with Crippen LogP contribution in [-0.4, -0.2) is 18.5 Å². The summed E-state index contributed by atoms with van der Waals surface area (Å²) in [5.74, 6) is 3.33. The maximum Gasteiger partial charge on any atom is 0.233 e. The molecule has 4 aliphatic rings. The Morgan fingerprint density at radius 1 is 1.16 bits per heavy atom. The molecule has 3 N–H and O–H groups in total. The lowest BCUT2D eigenvalue weighted by Crippen LogP contribution is -2.59. The Kier molecular flexibility index (Phi) is 3.36. The monoisotopic (exact) mass is 264 g/mol. The summed E-state index contributed by atoms with van der Waals surface area (Å²) >= 11 is 0. The van der Waals surface area contributed by atoms with E-state index in [0.29, 0.717) is 17.4 Å². The van der Waals surface area contributed by atoms with Crippen LogP contribution in [0, 0.1) is 29.1 Å². The average Bonchev–Trinajstić information content (AvgIpc) is 2.33. The smallest absolute Gasteiger partial charge is 0.233 e. The normalized spacial score (nSPS) is 41.6. The summed E-state index contributed by atoms with van der Waals surface area (Å²) in [7, 11) is 0. The number of hydrogen-bond acceptors (Lipinski definition) is 2. The number of nitrogens with one attached hydrogen (secondary N) is 1. The summed E-state index contributed by atoms with van der Waals surface area (Å²) in [6.07, 6.45) is 8.38. The molecule has 1 unspecified atom stereocenters. The number of carbonyl (C=O) groups is 1. The van der Waals surface area contributed by atoms with E-state index in [0.717, 1.165) is 17.8 Å². The van der Waals surface area contributed by atoms with Crippen LogP contribution in [0.3, 0.4) is 0 Å². The molecule has 1 atom stereocenters. The molecule has 0 spiro atoms. The molecule has 1 amide bonds. The molecule has 0 radical (unpaired) electrons. The number of amides is 1. The van der Waals surface area contributed by atoms with Crippen molar-refractivity contribution in [3.8, 4) is 0 Å². The molecule has 4 bridgehead atoms. The Labute approximate surface area is 116 Å². The van der Waals surface area contributed by atoms with Gasteiger partial charge in [0.2, 0.25) is 5.91 Å². The predicted octanol–water partition coefficient (Wildman–Crippen LogP) is 2.30. The van der Waals surface area contributed by atoms with Crippen molar-refractivity contribution in [2.75, 3.05) is 6.54 Å². The largest absolute Gasteiger partial charge is 0.351 e. The lowest BCUT2D eigenvalue weighted by molar-refractivity contribution is -0.126. The minimum atomic E-state index is 0.0226. The molecule has 4 aliphatic carbocycles. The molecular weight excluding hydrogens is 236 g/mol. The molecule has 0 aromatic rings. The van der Waals surface area contributed by atoms with Crippen molar-refractivity contribution in [3.63, 3.8) is 0 Å². The fraction of sp³-hybridized carbons (Fsp3) is 0.938. The highest BCUT2D eigenvalue weighted by atomic mass is 16.1. The van der Waals surface area contributed by atoms with Crippen LogP contribution < -0.4 is 11.1 Å². The quantitative estimate of drug-likeness (QED) is 0.818. The maximum atomic E-state index is 11.8. The van der Waals surface area contributed by atoms with Gasteiger partial charge in [0.25, 0.3) is 0 Å². The van der Waals surface area contributed by atoms with Gasteiger partial charge in [-0.25, -0.2) is 0 Å². The summed E-state index contributed by atoms with van der Waals surface area (Å²) in [6.45, 7) is 4.62. The third-order valence-corrected chi connectivity index (χ3v) is 5.91. The predicted molar refractivity (Wildman–Crippen MR) is 76.4 cm³/mol. The number of nitrogens with two attached hydrogens (primary N) is 1. The molecule has 0 heterocycles. The van der Waals surface area contributed by atoms with Crippen molar-refractivity contribution in [1.82, 2.24) is 5.32 Å². The minimum Gasteiger partial charge on any atom is -0.351 e. The highest BCUT2D eigenvalue weighted by Crippen LogP contribution is 2.61. The standard InChI is InChI=1S/C16H28N2O/c1-10(2)15(18-14(19)9-17)16-6-11-3-12(7-16)5-13(4-11)8-16/h10-13,15H,3-9,17H2,1-2H3,(H,18,19). The molecule has 0 aliphatic heterocycles. The third-order valence-electron chi connectivity index (χ3n) is 5.91. The molecule has 4 saturated carbocycles. The maximum absolute atomic E-state index is 11.8. The van der Waals surface area contributed by atoms with Crippen LogP contribution in [0.1, 0.15) is 52.4 Å². The van der Waals surface area contributed by atoms with E-state index in [1.54, 1.807) is 0 Å². The topological polar surface area (TPSA) is 55.1 Å². The lowest BCUT2D eigenvalue weighted by atomic mass is 9.47. The summed E-state index contributed by atoms with van der Waals surface area (Å²) in [4.78, 5) is 11.8. The van der Waals surface area contributed by atoms with Gasteiger partial charge in [0, 0.05) is 6.04 Å². The summed E-state index contributed by atoms with van der Waals surface area (Å²) < 4.78 is 0. The average molecular weight is 264 g/mol. The first kappa shape index (κ1) is 13.4. The molecule has 0 saturated heterocycles. The Hall–Kier alpha value is -0.570. The Bertz CT molecular complexity index is 328. The van der Waals surface area contributed by atoms with Crippen molar-refractivity contribution in [3.05, 3.63) is 0 Å². The van der Waals surface area contributed by atoms with Gasteiger partial charge in [0.15, 0.2) is 0 Å². The lowest BCUT2D eigenvalue weighted by Gasteiger charge is -2.60. The van der Waals surface area contributed by atoms with Gasteiger partial charge in [-0.05, 0) is 67.6 Å². The second-order valence-corrected chi connectivity index (χ2v) is 7.77. The van der Waals surface area contributed by atoms with Crippen molar-refractivity contribution in [2.24, 2.45) is 34.8 Å². The first-order valence-corrected chi connectivity index (χ1v) is 8.02. The van der Waals surface area contributed by atoms with E-state index in [1.807, 2.05) is 0 Å². The van der Waals surface area contributed by atoms with Crippen molar-refractivity contribution in [1.29, 1.82) is 0 Å². The van der Waals surface area contributed by atoms with Crippen LogP contribution in [0.5, 0.6) is 0 Å². The highest BCUT2D eigenvalue weighted by Gasteiger charge is 2.54. The van der Waals surface area contributed by atoms with Gasteiger partial charge in [-0.2, -0.15) is 0 Å². The minimum absolute atomic E-state index is 0.0226. The van der Waals surface area contributed by atoms with Crippen LogP contribution in [0.15, 0.2) is 0 Å². The first-order valence-electron chi connectivity index (χ1n) is 8.02. The van der Waals surface area contributed by atoms with Gasteiger partial charge in [-0.3, -0.25) is 4.79 Å². The van der Waals surface area contributed by atoms with E-state index in [4.69, 9.17) is 5.73 Å². The molecule has 3 nitrogen and oxygen atoms in total. The summed E-state index contributed by atoms with van der Waals surface area (Å²) in [5.41, 5.74) is 5.88. The number of carbonyl (C=O) groups excluding carboxylic acids is 1. The Morgan fingerprint density at radius 2 is 1.63 bits per heavy atom. The van der Waals surface area contributed by atoms with Gasteiger partial charge in [0.1, 0.15) is 0 Å². The van der Waals surface area contributed by atoms with Gasteiger partial charge in [-0.15, -0.1) is 0 Å². The molecule has 0 aromatic carbocycles. The fourth-order valence-electron chi connectivity index (χ4n) is 5.82. The number of rotatable bonds is 4. The Morgan fingerprint density at radius 3 is 2.00 bits per heavy atom. The van der Waals surface area contributed by atoms with Crippen LogP contribution >= 0.6 is 0 Å². The summed E-state index contributed by atoms with van der Waals surface area (Å²) in [6, 6.07) is 0.331. The van der Waals surface area contributed by atoms with Gasteiger partial charge < -0.3 is 11.1 Å². The highest BCUT2D eigenvalue weighted by molar-refractivity contribution is 5.78. The van der Waals surface area contributed by atoms with Crippen molar-refractivity contribution < 1.29 is 4.79 Å². The molecular formula is C16H28N2O. The van der Waals surface area contributed by atoms with E-state index in [2.05, 4.69) is 19.2 Å². The van der Waals surface area contributed by atoms with E-state index in [1.165, 1.54) is 38.5 Å². The van der Waals surface area contributed by atoms with Crippen LogP contribution in [-0.2, 0) is 4.79 Å². The van der Waals surface area contributed by atoms with Gasteiger partial charge in [0.05, 0.1) is 6.54 Å². The zero-order valence-electron chi connectivity index (χ0n) is 12.3. The Balaban J connectivity index is 1.83. The number of hydrogen-bond donors (Lipinski definition) is 2. The fourth-order valence-corrected chi connectivity index (χ4v) is 5.82. The van der Waals surface area contributed by atoms with E-state index < -0.39 is 0 Å². The van der Waals surface area contributed by atoms with Crippen molar-refractivity contribution in [2.45, 2.75) is 58.4 Å². The first-order chi connectivity index (χ1) is 9.02. The van der Waals surface area contributed by atoms with Crippen molar-refractivity contribution >= 4 is 5.91 Å². The molecule has 4 rings (SSSR count). The SMILES string of the molecule is CC(C)C(NC(=O)CN)C12CC3CC(CC(C3)C1)C2. The molecule has 108 valence electrons. The zero-order chi connectivity index (χ0) is 13.6. The second kappa shape index (κ2) is 4.76. The van der Waals surface area contributed by atoms with E-state index in [-0.39, 0.29) is 12.5 Å². The van der Waals surface area contributed by atoms with Crippen LogP contribution in [0.4, 0.5) is 0 Å². The zero-order valence-corrected chi connectivity index (χ0v) is 12.3. The molecule has 0 aromatic heterocycles. The second-order valence-electron chi connectivity index (χ2n) is 7.77. The van der Waals surface area contributed by atoms with Gasteiger partial charge >= 0.3 is 0 Å². The summed E-state index contributed by atoms with van der Waals surface area (Å²) in [5, 5.41) is 3.26. The molecule has 4 fully saturated rings. The van der Waals surface area contributed by atoms with Crippen LogP contribution in [0.2, 0.25) is 0 Å². The van der Waals surface area contributed by atoms with E-state index in [9.17, 15) is 4.79 Å².